The highest BCUT2D eigenvalue weighted by atomic mass is 79.9. The van der Waals surface area contributed by atoms with E-state index < -0.39 is 6.10 Å². The van der Waals surface area contributed by atoms with E-state index in [1.54, 1.807) is 29.7 Å². The number of benzene rings is 2. The molecule has 26 heavy (non-hydrogen) atoms. The van der Waals surface area contributed by atoms with Crippen LogP contribution in [0.5, 0.6) is 5.75 Å². The second kappa shape index (κ2) is 8.19. The molecule has 0 saturated heterocycles. The Bertz CT molecular complexity index is 862. The lowest BCUT2D eigenvalue weighted by Crippen LogP contribution is -2.37. The fourth-order valence-corrected chi connectivity index (χ4v) is 2.86. The third kappa shape index (κ3) is 4.52. The average molecular weight is 414 g/mol. The van der Waals surface area contributed by atoms with E-state index in [9.17, 15) is 4.79 Å². The highest BCUT2D eigenvalue weighted by molar-refractivity contribution is 9.10. The Hall–Kier alpha value is -2.60. The van der Waals surface area contributed by atoms with Crippen molar-refractivity contribution < 1.29 is 9.53 Å². The van der Waals surface area contributed by atoms with Gasteiger partial charge in [-0.3, -0.25) is 4.79 Å². The minimum absolute atomic E-state index is 0.0830. The summed E-state index contributed by atoms with van der Waals surface area (Å²) in [5.74, 6) is 0.583. The monoisotopic (exact) mass is 413 g/mol. The van der Waals surface area contributed by atoms with Crippen molar-refractivity contribution >= 4 is 21.8 Å². The van der Waals surface area contributed by atoms with Gasteiger partial charge in [-0.05, 0) is 43.3 Å². The minimum atomic E-state index is -0.564. The zero-order valence-electron chi connectivity index (χ0n) is 14.7. The second-order valence-electron chi connectivity index (χ2n) is 6.04. The number of likely N-dealkylation sites (N-methyl/N-ethyl adjacent to an activating group) is 1. The molecule has 1 atom stereocenters. The van der Waals surface area contributed by atoms with Gasteiger partial charge in [0.25, 0.3) is 5.91 Å². The highest BCUT2D eigenvalue weighted by Crippen LogP contribution is 2.18. The molecule has 0 aliphatic carbocycles. The molecule has 0 fully saturated rings. The summed E-state index contributed by atoms with van der Waals surface area (Å²) in [6.45, 7) is 2.23. The highest BCUT2D eigenvalue weighted by Gasteiger charge is 2.20. The largest absolute Gasteiger partial charge is 0.481 e. The molecule has 2 aromatic carbocycles. The Kier molecular flexibility index (Phi) is 5.73. The first-order chi connectivity index (χ1) is 12.5. The Balaban J connectivity index is 1.60. The molecule has 3 aromatic rings. The maximum Gasteiger partial charge on any atom is 0.263 e. The van der Waals surface area contributed by atoms with E-state index in [4.69, 9.17) is 4.74 Å². The second-order valence-corrected chi connectivity index (χ2v) is 6.95. The van der Waals surface area contributed by atoms with Crippen molar-refractivity contribution in [2.75, 3.05) is 7.05 Å². The molecule has 3 rings (SSSR count). The molecule has 0 N–H and O–H groups in total. The van der Waals surface area contributed by atoms with Crippen molar-refractivity contribution in [1.29, 1.82) is 0 Å². The van der Waals surface area contributed by atoms with E-state index in [1.165, 1.54) is 0 Å². The number of halogens is 1. The van der Waals surface area contributed by atoms with Crippen LogP contribution in [0.3, 0.4) is 0 Å². The van der Waals surface area contributed by atoms with Crippen molar-refractivity contribution in [2.45, 2.75) is 19.6 Å². The van der Waals surface area contributed by atoms with Gasteiger partial charge in [-0.2, -0.15) is 5.10 Å². The molecule has 1 heterocycles. The number of rotatable bonds is 6. The molecule has 0 unspecified atom stereocenters. The van der Waals surface area contributed by atoms with Crippen LogP contribution in [0.2, 0.25) is 0 Å². The zero-order chi connectivity index (χ0) is 18.5. The molecule has 0 spiro atoms. The number of amides is 1. The average Bonchev–Trinajstić information content (AvgIpc) is 3.12. The zero-order valence-corrected chi connectivity index (χ0v) is 16.3. The summed E-state index contributed by atoms with van der Waals surface area (Å²) < 4.78 is 8.50. The number of para-hydroxylation sites is 1. The van der Waals surface area contributed by atoms with Crippen LogP contribution < -0.4 is 4.74 Å². The van der Waals surface area contributed by atoms with Gasteiger partial charge in [-0.1, -0.05) is 34.1 Å². The standard InChI is InChI=1S/C20H20BrN3O2/c1-15(26-19-10-8-17(21)9-11-19)20(25)23(2)13-16-12-22-24(14-16)18-6-4-3-5-7-18/h3-12,14-15H,13H2,1-2H3/t15-/m0/s1. The number of carbonyl (C=O) groups excluding carboxylic acids is 1. The first-order valence-corrected chi connectivity index (χ1v) is 9.08. The van der Waals surface area contributed by atoms with E-state index in [2.05, 4.69) is 21.0 Å². The number of hydrogen-bond acceptors (Lipinski definition) is 3. The van der Waals surface area contributed by atoms with Crippen LogP contribution in [0.15, 0.2) is 71.5 Å². The Labute approximate surface area is 161 Å². The molecule has 0 aliphatic rings. The van der Waals surface area contributed by atoms with Crippen molar-refractivity contribution in [3.8, 4) is 11.4 Å². The molecule has 1 aromatic heterocycles. The maximum atomic E-state index is 12.6. The fourth-order valence-electron chi connectivity index (χ4n) is 2.59. The number of ether oxygens (including phenoxy) is 1. The van der Waals surface area contributed by atoms with Crippen LogP contribution in [0.25, 0.3) is 5.69 Å². The molecule has 6 heteroatoms. The molecular weight excluding hydrogens is 394 g/mol. The van der Waals surface area contributed by atoms with Crippen LogP contribution >= 0.6 is 15.9 Å². The summed E-state index contributed by atoms with van der Waals surface area (Å²) in [7, 11) is 1.77. The van der Waals surface area contributed by atoms with Crippen molar-refractivity contribution in [3.63, 3.8) is 0 Å². The van der Waals surface area contributed by atoms with Crippen LogP contribution in [-0.2, 0) is 11.3 Å². The van der Waals surface area contributed by atoms with Gasteiger partial charge >= 0.3 is 0 Å². The van der Waals surface area contributed by atoms with Crippen LogP contribution in [0, 0.1) is 0 Å². The molecule has 0 saturated carbocycles. The number of aromatic nitrogens is 2. The lowest BCUT2D eigenvalue weighted by molar-refractivity contribution is -0.137. The normalized spacial score (nSPS) is 11.8. The fraction of sp³-hybridized carbons (Fsp3) is 0.200. The Morgan fingerprint density at radius 1 is 1.19 bits per heavy atom. The first kappa shape index (κ1) is 18.2. The minimum Gasteiger partial charge on any atom is -0.481 e. The van der Waals surface area contributed by atoms with Gasteiger partial charge < -0.3 is 9.64 Å². The first-order valence-electron chi connectivity index (χ1n) is 8.29. The Morgan fingerprint density at radius 2 is 1.88 bits per heavy atom. The molecule has 0 radical (unpaired) electrons. The van der Waals surface area contributed by atoms with Gasteiger partial charge in [0.1, 0.15) is 5.75 Å². The van der Waals surface area contributed by atoms with E-state index >= 15 is 0 Å². The molecule has 134 valence electrons. The van der Waals surface area contributed by atoms with Gasteiger partial charge in [-0.25, -0.2) is 4.68 Å². The summed E-state index contributed by atoms with van der Waals surface area (Å²) >= 11 is 3.38. The van der Waals surface area contributed by atoms with E-state index in [-0.39, 0.29) is 5.91 Å². The Morgan fingerprint density at radius 3 is 2.58 bits per heavy atom. The van der Waals surface area contributed by atoms with Gasteiger partial charge in [0.15, 0.2) is 6.10 Å². The van der Waals surface area contributed by atoms with Crippen molar-refractivity contribution in [3.05, 3.63) is 77.0 Å². The quantitative estimate of drug-likeness (QED) is 0.611. The topological polar surface area (TPSA) is 47.4 Å². The van der Waals surface area contributed by atoms with Gasteiger partial charge in [0, 0.05) is 29.8 Å². The van der Waals surface area contributed by atoms with Crippen LogP contribution in [0.4, 0.5) is 0 Å². The molecule has 0 aliphatic heterocycles. The lowest BCUT2D eigenvalue weighted by Gasteiger charge is -2.21. The van der Waals surface area contributed by atoms with Crippen LogP contribution in [-0.4, -0.2) is 33.7 Å². The number of carbonyl (C=O) groups is 1. The lowest BCUT2D eigenvalue weighted by atomic mass is 10.3. The van der Waals surface area contributed by atoms with E-state index in [0.29, 0.717) is 12.3 Å². The summed E-state index contributed by atoms with van der Waals surface area (Å²) in [6.07, 6.45) is 3.14. The number of hydrogen-bond donors (Lipinski definition) is 0. The SMILES string of the molecule is C[C@H](Oc1ccc(Br)cc1)C(=O)N(C)Cc1cnn(-c2ccccc2)c1. The summed E-state index contributed by atoms with van der Waals surface area (Å²) in [5, 5.41) is 4.36. The molecule has 5 nitrogen and oxygen atoms in total. The van der Waals surface area contributed by atoms with E-state index in [0.717, 1.165) is 15.7 Å². The number of nitrogens with zero attached hydrogens (tertiary/aromatic N) is 3. The molecule has 1 amide bonds. The van der Waals surface area contributed by atoms with Crippen molar-refractivity contribution in [2.24, 2.45) is 0 Å². The predicted molar refractivity (Wildman–Crippen MR) is 104 cm³/mol. The predicted octanol–water partition coefficient (Wildman–Crippen LogP) is 4.06. The van der Waals surface area contributed by atoms with E-state index in [1.807, 2.05) is 60.8 Å². The van der Waals surface area contributed by atoms with Gasteiger partial charge in [-0.15, -0.1) is 0 Å². The summed E-state index contributed by atoms with van der Waals surface area (Å²) in [5.41, 5.74) is 1.94. The summed E-state index contributed by atoms with van der Waals surface area (Å²) in [6, 6.07) is 17.3. The van der Waals surface area contributed by atoms with Gasteiger partial charge in [0.2, 0.25) is 0 Å². The summed E-state index contributed by atoms with van der Waals surface area (Å²) in [4.78, 5) is 14.2. The maximum absolute atomic E-state index is 12.6. The van der Waals surface area contributed by atoms with Crippen LogP contribution in [0.1, 0.15) is 12.5 Å². The molecular formula is C20H20BrN3O2. The van der Waals surface area contributed by atoms with Crippen molar-refractivity contribution in [1.82, 2.24) is 14.7 Å². The third-order valence-electron chi connectivity index (χ3n) is 3.93. The smallest absolute Gasteiger partial charge is 0.263 e. The molecule has 0 bridgehead atoms. The van der Waals surface area contributed by atoms with Gasteiger partial charge in [0.05, 0.1) is 11.9 Å². The third-order valence-corrected chi connectivity index (χ3v) is 4.46.